The average Bonchev–Trinajstić information content (AvgIpc) is 2.31. The van der Waals surface area contributed by atoms with Gasteiger partial charge in [0.1, 0.15) is 0 Å². The molecule has 0 radical (unpaired) electrons. The first-order valence-corrected chi connectivity index (χ1v) is 5.04. The minimum Gasteiger partial charge on any atom is -0.322 e. The topological polar surface area (TPSA) is 17.8 Å². The van der Waals surface area contributed by atoms with Crippen molar-refractivity contribution in [3.8, 4) is 0 Å². The number of nitrogens with zero attached hydrogens (tertiary/aromatic N) is 2. The molecule has 62 valence electrons. The van der Waals surface area contributed by atoms with E-state index in [1.165, 1.54) is 0 Å². The Hall–Kier alpha value is -0.350. The highest BCUT2D eigenvalue weighted by Crippen LogP contribution is 2.22. The molecule has 2 nitrogen and oxygen atoms in total. The van der Waals surface area contributed by atoms with Crippen LogP contribution >= 0.6 is 31.9 Å². The van der Waals surface area contributed by atoms with Crippen LogP contribution in [0.1, 0.15) is 0 Å². The van der Waals surface area contributed by atoms with Crippen LogP contribution in [0.25, 0.3) is 11.0 Å². The molecular formula is C8H6Br2N2. The molecule has 0 aliphatic carbocycles. The largest absolute Gasteiger partial charge is 0.322 e. The van der Waals surface area contributed by atoms with Crippen molar-refractivity contribution in [3.05, 3.63) is 27.4 Å². The van der Waals surface area contributed by atoms with Gasteiger partial charge in [-0.15, -0.1) is 0 Å². The van der Waals surface area contributed by atoms with Crippen LogP contribution in [0.5, 0.6) is 0 Å². The third-order valence-corrected chi connectivity index (χ3v) is 2.99. The second-order valence-corrected chi connectivity index (χ2v) is 4.20. The number of aryl methyl sites for hydroxylation is 1. The van der Waals surface area contributed by atoms with Gasteiger partial charge in [0.2, 0.25) is 0 Å². The predicted molar refractivity (Wildman–Crippen MR) is 56.1 cm³/mol. The maximum Gasteiger partial charge on any atom is 0.177 e. The fourth-order valence-electron chi connectivity index (χ4n) is 1.13. The smallest absolute Gasteiger partial charge is 0.177 e. The molecule has 1 heterocycles. The van der Waals surface area contributed by atoms with Gasteiger partial charge in [0.25, 0.3) is 0 Å². The number of fused-ring (bicyclic) bond motifs is 1. The van der Waals surface area contributed by atoms with E-state index in [-0.39, 0.29) is 0 Å². The molecule has 0 spiro atoms. The second kappa shape index (κ2) is 2.85. The van der Waals surface area contributed by atoms with Gasteiger partial charge >= 0.3 is 0 Å². The van der Waals surface area contributed by atoms with Crippen LogP contribution in [-0.4, -0.2) is 9.55 Å². The third kappa shape index (κ3) is 1.19. The maximum atomic E-state index is 4.31. The van der Waals surface area contributed by atoms with E-state index < -0.39 is 0 Å². The molecule has 2 rings (SSSR count). The Morgan fingerprint density at radius 2 is 2.08 bits per heavy atom. The van der Waals surface area contributed by atoms with E-state index in [1.54, 1.807) is 0 Å². The fourth-order valence-corrected chi connectivity index (χ4v) is 1.86. The number of hydrogen-bond donors (Lipinski definition) is 0. The van der Waals surface area contributed by atoms with Crippen LogP contribution < -0.4 is 0 Å². The first kappa shape index (κ1) is 8.26. The molecule has 0 fully saturated rings. The number of rotatable bonds is 0. The first-order chi connectivity index (χ1) is 5.68. The van der Waals surface area contributed by atoms with Crippen molar-refractivity contribution in [2.45, 2.75) is 0 Å². The van der Waals surface area contributed by atoms with E-state index in [0.29, 0.717) is 0 Å². The third-order valence-electron chi connectivity index (χ3n) is 1.79. The van der Waals surface area contributed by atoms with Crippen LogP contribution in [0.2, 0.25) is 0 Å². The molecule has 0 bridgehead atoms. The molecule has 0 saturated heterocycles. The van der Waals surface area contributed by atoms with Gasteiger partial charge in [0.05, 0.1) is 11.0 Å². The van der Waals surface area contributed by atoms with Crippen molar-refractivity contribution >= 4 is 42.9 Å². The number of halogens is 2. The molecule has 0 atom stereocenters. The monoisotopic (exact) mass is 288 g/mol. The van der Waals surface area contributed by atoms with E-state index >= 15 is 0 Å². The molecule has 0 N–H and O–H groups in total. The summed E-state index contributed by atoms with van der Waals surface area (Å²) in [5.74, 6) is 0. The number of benzene rings is 1. The SMILES string of the molecule is Cn1c(Br)nc2ccc(Br)cc21. The van der Waals surface area contributed by atoms with Gasteiger partial charge in [-0.3, -0.25) is 0 Å². The highest BCUT2D eigenvalue weighted by molar-refractivity contribution is 9.10. The molecule has 0 aliphatic heterocycles. The van der Waals surface area contributed by atoms with Gasteiger partial charge in [-0.1, -0.05) is 15.9 Å². The Kier molecular flexibility index (Phi) is 1.96. The summed E-state index contributed by atoms with van der Waals surface area (Å²) < 4.78 is 3.93. The Balaban J connectivity index is 2.88. The van der Waals surface area contributed by atoms with E-state index in [4.69, 9.17) is 0 Å². The molecule has 0 saturated carbocycles. The van der Waals surface area contributed by atoms with E-state index in [0.717, 1.165) is 20.2 Å². The summed E-state index contributed by atoms with van der Waals surface area (Å²) in [4.78, 5) is 4.31. The maximum absolute atomic E-state index is 4.31. The first-order valence-electron chi connectivity index (χ1n) is 3.46. The zero-order chi connectivity index (χ0) is 8.72. The van der Waals surface area contributed by atoms with Crippen LogP contribution in [-0.2, 0) is 7.05 Å². The summed E-state index contributed by atoms with van der Waals surface area (Å²) in [5.41, 5.74) is 2.13. The minimum absolute atomic E-state index is 0.857. The lowest BCUT2D eigenvalue weighted by molar-refractivity contribution is 0.912. The number of imidazole rings is 1. The fraction of sp³-hybridized carbons (Fsp3) is 0.125. The highest BCUT2D eigenvalue weighted by Gasteiger charge is 2.03. The van der Waals surface area contributed by atoms with Crippen molar-refractivity contribution < 1.29 is 0 Å². The highest BCUT2D eigenvalue weighted by atomic mass is 79.9. The van der Waals surface area contributed by atoms with Gasteiger partial charge in [-0.25, -0.2) is 4.98 Å². The lowest BCUT2D eigenvalue weighted by Gasteiger charge is -1.94. The van der Waals surface area contributed by atoms with Gasteiger partial charge in [-0.2, -0.15) is 0 Å². The summed E-state index contributed by atoms with van der Waals surface area (Å²) in [6, 6.07) is 6.03. The summed E-state index contributed by atoms with van der Waals surface area (Å²) in [6.45, 7) is 0. The zero-order valence-electron chi connectivity index (χ0n) is 6.38. The summed E-state index contributed by atoms with van der Waals surface area (Å²) >= 11 is 6.79. The number of hydrogen-bond acceptors (Lipinski definition) is 1. The van der Waals surface area contributed by atoms with Crippen LogP contribution in [0.15, 0.2) is 27.4 Å². The standard InChI is InChI=1S/C8H6Br2N2/c1-12-7-4-5(9)2-3-6(7)11-8(12)10/h2-4H,1H3. The number of aromatic nitrogens is 2. The molecule has 12 heavy (non-hydrogen) atoms. The Bertz CT molecular complexity index is 434. The van der Waals surface area contributed by atoms with E-state index in [1.807, 2.05) is 29.8 Å². The van der Waals surface area contributed by atoms with Crippen molar-refractivity contribution in [1.82, 2.24) is 9.55 Å². The van der Waals surface area contributed by atoms with E-state index in [9.17, 15) is 0 Å². The van der Waals surface area contributed by atoms with Gasteiger partial charge < -0.3 is 4.57 Å². The lowest BCUT2D eigenvalue weighted by Crippen LogP contribution is -1.86. The Labute approximate surface area is 86.9 Å². The molecule has 1 aromatic carbocycles. The molecule has 0 unspecified atom stereocenters. The van der Waals surface area contributed by atoms with Gasteiger partial charge in [0.15, 0.2) is 4.73 Å². The van der Waals surface area contributed by atoms with Crippen LogP contribution in [0.3, 0.4) is 0 Å². The Morgan fingerprint density at radius 1 is 1.33 bits per heavy atom. The van der Waals surface area contributed by atoms with Crippen LogP contribution in [0, 0.1) is 0 Å². The molecular weight excluding hydrogens is 284 g/mol. The Morgan fingerprint density at radius 3 is 2.83 bits per heavy atom. The second-order valence-electron chi connectivity index (χ2n) is 2.57. The summed E-state index contributed by atoms with van der Waals surface area (Å²) in [5, 5.41) is 0. The zero-order valence-corrected chi connectivity index (χ0v) is 9.55. The van der Waals surface area contributed by atoms with Crippen LogP contribution in [0.4, 0.5) is 0 Å². The normalized spacial score (nSPS) is 10.9. The van der Waals surface area contributed by atoms with Crippen molar-refractivity contribution in [2.24, 2.45) is 7.05 Å². The van der Waals surface area contributed by atoms with E-state index in [2.05, 4.69) is 36.8 Å². The molecule has 1 aromatic heterocycles. The van der Waals surface area contributed by atoms with Crippen molar-refractivity contribution in [3.63, 3.8) is 0 Å². The molecule has 4 heteroatoms. The minimum atomic E-state index is 0.857. The average molecular weight is 290 g/mol. The summed E-state index contributed by atoms with van der Waals surface area (Å²) in [7, 11) is 1.98. The molecule has 0 aliphatic rings. The lowest BCUT2D eigenvalue weighted by atomic mass is 10.3. The van der Waals surface area contributed by atoms with Gasteiger partial charge in [0, 0.05) is 11.5 Å². The predicted octanol–water partition coefficient (Wildman–Crippen LogP) is 3.10. The summed E-state index contributed by atoms with van der Waals surface area (Å²) in [6.07, 6.45) is 0. The quantitative estimate of drug-likeness (QED) is 0.729. The molecule has 0 amide bonds. The molecule has 2 aromatic rings. The van der Waals surface area contributed by atoms with Crippen molar-refractivity contribution in [1.29, 1.82) is 0 Å². The van der Waals surface area contributed by atoms with Crippen molar-refractivity contribution in [2.75, 3.05) is 0 Å². The van der Waals surface area contributed by atoms with Gasteiger partial charge in [-0.05, 0) is 34.1 Å².